The van der Waals surface area contributed by atoms with Crippen LogP contribution in [0.3, 0.4) is 0 Å². The van der Waals surface area contributed by atoms with Crippen molar-refractivity contribution < 1.29 is 26.6 Å². The second-order valence-corrected chi connectivity index (χ2v) is 9.01. The zero-order valence-corrected chi connectivity index (χ0v) is 17.1. The summed E-state index contributed by atoms with van der Waals surface area (Å²) in [5.41, 5.74) is 9.00. The second-order valence-electron chi connectivity index (χ2n) is 7.26. The zero-order chi connectivity index (χ0) is 18.2. The number of halogens is 1. The highest BCUT2D eigenvalue weighted by Crippen LogP contribution is 2.53. The van der Waals surface area contributed by atoms with Crippen LogP contribution in [0.2, 0.25) is 0 Å². The van der Waals surface area contributed by atoms with Gasteiger partial charge in [0.05, 0.1) is 18.3 Å². The maximum Gasteiger partial charge on any atom is 0.209 e. The highest BCUT2D eigenvalue weighted by atomic mass is 35.5. The van der Waals surface area contributed by atoms with Gasteiger partial charge in [-0.05, 0) is 53.5 Å². The molecule has 26 heavy (non-hydrogen) atoms. The molecule has 0 aliphatic heterocycles. The van der Waals surface area contributed by atoms with Crippen LogP contribution in [0, 0.1) is 12.8 Å². The molecule has 2 aliphatic carbocycles. The van der Waals surface area contributed by atoms with E-state index in [1.54, 1.807) is 0 Å². The number of nitrogens with one attached hydrogen (secondary N) is 1. The summed E-state index contributed by atoms with van der Waals surface area (Å²) in [4.78, 5) is 0. The Morgan fingerprint density at radius 1 is 1.15 bits per heavy atom. The monoisotopic (exact) mass is 394 g/mol. The Hall–Kier alpha value is -1.40. The number of benzene rings is 2. The molecule has 2 aromatic carbocycles. The van der Waals surface area contributed by atoms with Gasteiger partial charge in [0.25, 0.3) is 0 Å². The highest BCUT2D eigenvalue weighted by Gasteiger charge is 2.49. The Morgan fingerprint density at radius 3 is 2.35 bits per heavy atom. The molecule has 2 aromatic rings. The van der Waals surface area contributed by atoms with E-state index in [4.69, 9.17) is 0 Å². The molecule has 2 atom stereocenters. The predicted octanol–water partition coefficient (Wildman–Crippen LogP) is -0.570. The first-order chi connectivity index (χ1) is 11.8. The fourth-order valence-electron chi connectivity index (χ4n) is 4.30. The minimum absolute atomic E-state index is 0. The predicted molar refractivity (Wildman–Crippen MR) is 102 cm³/mol. The normalized spacial score (nSPS) is 19.4. The summed E-state index contributed by atoms with van der Waals surface area (Å²) in [5, 5.41) is 0. The summed E-state index contributed by atoms with van der Waals surface area (Å²) in [7, 11) is -3.34. The number of quaternary nitrogens is 1. The van der Waals surface area contributed by atoms with Gasteiger partial charge >= 0.3 is 0 Å². The molecule has 4 nitrogen and oxygen atoms in total. The van der Waals surface area contributed by atoms with Crippen LogP contribution in [0.25, 0.3) is 11.1 Å². The van der Waals surface area contributed by atoms with Crippen LogP contribution in [0.15, 0.2) is 42.5 Å². The van der Waals surface area contributed by atoms with E-state index in [-0.39, 0.29) is 12.4 Å². The SMILES string of the molecule is Cc1c2ccc(-c3ccccc3)c1C2(CC(C)CC[NH3+])NS(C)(=O)=O.[Cl-]. The van der Waals surface area contributed by atoms with Crippen LogP contribution in [-0.4, -0.2) is 21.2 Å². The Bertz CT molecular complexity index is 884. The Balaban J connectivity index is 0.00000243. The third kappa shape index (κ3) is 3.67. The van der Waals surface area contributed by atoms with Gasteiger partial charge in [-0.15, -0.1) is 0 Å². The fraction of sp³-hybridized carbons (Fsp3) is 0.400. The summed E-state index contributed by atoms with van der Waals surface area (Å²) in [6.45, 7) is 5.12. The molecule has 0 heterocycles. The summed E-state index contributed by atoms with van der Waals surface area (Å²) in [6.07, 6.45) is 2.99. The number of sulfonamides is 1. The Kier molecular flexibility index (Phi) is 6.18. The number of rotatable bonds is 7. The lowest BCUT2D eigenvalue weighted by atomic mass is 9.62. The lowest BCUT2D eigenvalue weighted by molar-refractivity contribution is -0.370. The highest BCUT2D eigenvalue weighted by molar-refractivity contribution is 7.88. The van der Waals surface area contributed by atoms with Crippen LogP contribution in [0.5, 0.6) is 0 Å². The summed E-state index contributed by atoms with van der Waals surface area (Å²) in [5.74, 6) is 0.383. The van der Waals surface area contributed by atoms with Gasteiger partial charge in [0.15, 0.2) is 0 Å². The molecule has 2 unspecified atom stereocenters. The molecule has 0 saturated carbocycles. The molecule has 4 N–H and O–H groups in total. The number of aryl methyl sites for hydroxylation is 1. The second kappa shape index (κ2) is 7.69. The maximum absolute atomic E-state index is 12.2. The standard InChI is InChI=1S/C20H26N2O2S.ClH/c1-14(11-12-21)13-20(22-25(3,23)24)18-10-9-17(19(20)15(18)2)16-7-5-4-6-8-16;/h4-10,14,22H,11-13,21H2,1-3H3;1H. The van der Waals surface area contributed by atoms with E-state index < -0.39 is 15.6 Å². The van der Waals surface area contributed by atoms with Crippen LogP contribution in [0.4, 0.5) is 0 Å². The van der Waals surface area contributed by atoms with Gasteiger partial charge in [-0.2, -0.15) is 0 Å². The molecule has 0 saturated heterocycles. The summed E-state index contributed by atoms with van der Waals surface area (Å²) < 4.78 is 27.3. The van der Waals surface area contributed by atoms with Gasteiger partial charge in [-0.25, -0.2) is 13.1 Å². The van der Waals surface area contributed by atoms with E-state index in [1.165, 1.54) is 11.8 Å². The van der Waals surface area contributed by atoms with Crippen molar-refractivity contribution >= 4 is 10.0 Å². The molecule has 6 heteroatoms. The van der Waals surface area contributed by atoms with E-state index >= 15 is 0 Å². The van der Waals surface area contributed by atoms with Crippen LogP contribution >= 0.6 is 0 Å². The van der Waals surface area contributed by atoms with Crippen molar-refractivity contribution in [3.05, 3.63) is 59.2 Å². The number of hydrogen-bond acceptors (Lipinski definition) is 2. The molecule has 0 fully saturated rings. The van der Waals surface area contributed by atoms with Crippen molar-refractivity contribution in [2.24, 2.45) is 5.92 Å². The number of hydrogen-bond donors (Lipinski definition) is 2. The van der Waals surface area contributed by atoms with Crippen molar-refractivity contribution in [1.82, 2.24) is 4.72 Å². The topological polar surface area (TPSA) is 73.8 Å². The van der Waals surface area contributed by atoms with Gasteiger partial charge in [-0.3, -0.25) is 0 Å². The minimum atomic E-state index is -3.34. The molecule has 2 bridgehead atoms. The van der Waals surface area contributed by atoms with Gasteiger partial charge in [0.1, 0.15) is 0 Å². The van der Waals surface area contributed by atoms with Crippen LogP contribution in [-0.2, 0) is 15.6 Å². The van der Waals surface area contributed by atoms with Crippen molar-refractivity contribution in [3.63, 3.8) is 0 Å². The summed E-state index contributed by atoms with van der Waals surface area (Å²) in [6, 6.07) is 14.4. The maximum atomic E-state index is 12.2. The van der Waals surface area contributed by atoms with E-state index in [0.717, 1.165) is 41.6 Å². The molecule has 142 valence electrons. The Labute approximate surface area is 162 Å². The van der Waals surface area contributed by atoms with E-state index in [1.807, 2.05) is 18.2 Å². The molecule has 0 amide bonds. The molecular formula is C20H27ClN2O2S. The zero-order valence-electron chi connectivity index (χ0n) is 15.5. The molecule has 2 aliphatic rings. The lowest BCUT2D eigenvalue weighted by Crippen LogP contribution is -3.00. The Morgan fingerprint density at radius 2 is 1.81 bits per heavy atom. The molecular weight excluding hydrogens is 368 g/mol. The number of fused-ring (bicyclic) bond motifs is 2. The van der Waals surface area contributed by atoms with E-state index in [9.17, 15) is 8.42 Å². The third-order valence-corrected chi connectivity index (χ3v) is 5.87. The van der Waals surface area contributed by atoms with Crippen molar-refractivity contribution in [2.75, 3.05) is 12.8 Å². The average Bonchev–Trinajstić information content (AvgIpc) is 2.54. The van der Waals surface area contributed by atoms with Gasteiger partial charge in [0, 0.05) is 0 Å². The van der Waals surface area contributed by atoms with Crippen LogP contribution in [0.1, 0.15) is 36.5 Å². The first-order valence-corrected chi connectivity index (χ1v) is 10.7. The lowest BCUT2D eigenvalue weighted by Gasteiger charge is -2.48. The van der Waals surface area contributed by atoms with Gasteiger partial charge < -0.3 is 18.1 Å². The van der Waals surface area contributed by atoms with Crippen molar-refractivity contribution in [3.8, 4) is 11.1 Å². The van der Waals surface area contributed by atoms with Crippen molar-refractivity contribution in [1.29, 1.82) is 0 Å². The third-order valence-electron chi connectivity index (χ3n) is 5.15. The molecule has 0 radical (unpaired) electrons. The largest absolute Gasteiger partial charge is 1.00 e. The first-order valence-electron chi connectivity index (χ1n) is 8.76. The molecule has 0 spiro atoms. The van der Waals surface area contributed by atoms with Crippen LogP contribution < -0.4 is 22.9 Å². The summed E-state index contributed by atoms with van der Waals surface area (Å²) >= 11 is 0. The molecule has 4 rings (SSSR count). The van der Waals surface area contributed by atoms with Gasteiger partial charge in [0.2, 0.25) is 10.0 Å². The van der Waals surface area contributed by atoms with E-state index in [0.29, 0.717) is 5.92 Å². The first kappa shape index (κ1) is 20.9. The van der Waals surface area contributed by atoms with E-state index in [2.05, 4.69) is 48.6 Å². The molecule has 0 aromatic heterocycles. The fourth-order valence-corrected chi connectivity index (χ4v) is 5.23. The van der Waals surface area contributed by atoms with Gasteiger partial charge in [-0.1, -0.05) is 49.4 Å². The quantitative estimate of drug-likeness (QED) is 0.660. The average molecular weight is 395 g/mol. The minimum Gasteiger partial charge on any atom is -1.00 e. The van der Waals surface area contributed by atoms with Crippen molar-refractivity contribution in [2.45, 2.75) is 32.2 Å². The smallest absolute Gasteiger partial charge is 0.209 e.